The van der Waals surface area contributed by atoms with Crippen molar-refractivity contribution in [3.8, 4) is 0 Å². The molecule has 0 radical (unpaired) electrons. The topological polar surface area (TPSA) is 84.5 Å². The van der Waals surface area contributed by atoms with E-state index in [9.17, 15) is 14.4 Å². The van der Waals surface area contributed by atoms with Gasteiger partial charge in [0.2, 0.25) is 11.8 Å². The lowest BCUT2D eigenvalue weighted by Gasteiger charge is -2.17. The zero-order valence-electron chi connectivity index (χ0n) is 19.6. The number of ether oxygens (including phenoxy) is 1. The van der Waals surface area contributed by atoms with Gasteiger partial charge in [0.15, 0.2) is 0 Å². The lowest BCUT2D eigenvalue weighted by atomic mass is 10.1. The first kappa shape index (κ1) is 29.4. The quantitative estimate of drug-likeness (QED) is 0.424. The van der Waals surface area contributed by atoms with Crippen molar-refractivity contribution in [2.45, 2.75) is 53.0 Å². The van der Waals surface area contributed by atoms with E-state index in [2.05, 4.69) is 48.3 Å². The predicted octanol–water partition coefficient (Wildman–Crippen LogP) is 4.19. The molecule has 178 valence electrons. The van der Waals surface area contributed by atoms with Gasteiger partial charge >= 0.3 is 0 Å². The molecule has 7 heteroatoms. The van der Waals surface area contributed by atoms with Gasteiger partial charge in [-0.3, -0.25) is 14.4 Å². The molecule has 6 nitrogen and oxygen atoms in total. The van der Waals surface area contributed by atoms with Crippen LogP contribution < -0.4 is 10.6 Å². The van der Waals surface area contributed by atoms with Gasteiger partial charge in [-0.05, 0) is 36.8 Å². The second-order valence-corrected chi connectivity index (χ2v) is 8.00. The third kappa shape index (κ3) is 16.1. The first-order chi connectivity index (χ1) is 15.3. The fourth-order valence-electron chi connectivity index (χ4n) is 2.49. The molecular weight excluding hydrogens is 428 g/mol. The number of carbonyl (C=O) groups excluding carboxylic acids is 3. The summed E-state index contributed by atoms with van der Waals surface area (Å²) in [7, 11) is 0. The average molecular weight is 465 g/mol. The number of hydrogen-bond acceptors (Lipinski definition) is 4. The minimum Gasteiger partial charge on any atom is -0.463 e. The van der Waals surface area contributed by atoms with Crippen LogP contribution in [0.5, 0.6) is 0 Å². The fourth-order valence-corrected chi connectivity index (χ4v) is 2.57. The van der Waals surface area contributed by atoms with Crippen LogP contribution in [-0.2, 0) is 25.5 Å². The molecule has 2 amide bonds. The van der Waals surface area contributed by atoms with Crippen LogP contribution in [0, 0.1) is 5.92 Å². The highest BCUT2D eigenvalue weighted by atomic mass is 35.5. The average Bonchev–Trinajstić information content (AvgIpc) is 2.78. The summed E-state index contributed by atoms with van der Waals surface area (Å²) >= 11 is 5.44. The Labute approximate surface area is 197 Å². The molecule has 0 spiro atoms. The SMILES string of the molecule is CC(C)C.CCNC(=O)C(Cc1ccccc1)NC(=O)CCl.O=COCC1=CCCC=C1. The Morgan fingerprint density at radius 2 is 1.81 bits per heavy atom. The summed E-state index contributed by atoms with van der Waals surface area (Å²) in [5, 5.41) is 5.32. The second kappa shape index (κ2) is 19.1. The van der Waals surface area contributed by atoms with Gasteiger partial charge in [0.1, 0.15) is 18.5 Å². The number of amides is 2. The van der Waals surface area contributed by atoms with Crippen molar-refractivity contribution in [3.05, 3.63) is 59.7 Å². The molecule has 0 aromatic heterocycles. The van der Waals surface area contributed by atoms with Crippen molar-refractivity contribution in [3.63, 3.8) is 0 Å². The number of halogens is 1. The van der Waals surface area contributed by atoms with E-state index in [-0.39, 0.29) is 17.7 Å². The van der Waals surface area contributed by atoms with Gasteiger partial charge < -0.3 is 15.4 Å². The number of carbonyl (C=O) groups is 3. The maximum Gasteiger partial charge on any atom is 0.293 e. The van der Waals surface area contributed by atoms with E-state index in [1.807, 2.05) is 43.3 Å². The van der Waals surface area contributed by atoms with Crippen molar-refractivity contribution >= 4 is 29.9 Å². The summed E-state index contributed by atoms with van der Waals surface area (Å²) in [6.07, 6.45) is 8.79. The third-order valence-electron chi connectivity index (χ3n) is 3.80. The number of likely N-dealkylation sites (N-methyl/N-ethyl adjacent to an activating group) is 1. The molecule has 0 fully saturated rings. The van der Waals surface area contributed by atoms with Crippen LogP contribution in [0.25, 0.3) is 0 Å². The zero-order valence-corrected chi connectivity index (χ0v) is 20.4. The van der Waals surface area contributed by atoms with Crippen LogP contribution >= 0.6 is 11.6 Å². The molecule has 1 aromatic carbocycles. The standard InChI is InChI=1S/C13H17ClN2O2.C8H10O2.C4H10/c1-2-15-13(18)11(16-12(17)9-14)8-10-6-4-3-5-7-10;9-7-10-6-8-4-2-1-3-5-8;1-4(2)3/h3-7,11H,2,8-9H2,1H3,(H,15,18)(H,16,17);2,4-5,7H,1,3,6H2;4H,1-3H3. The van der Waals surface area contributed by atoms with Gasteiger partial charge in [0.25, 0.3) is 6.47 Å². The summed E-state index contributed by atoms with van der Waals surface area (Å²) in [5.41, 5.74) is 2.09. The van der Waals surface area contributed by atoms with E-state index < -0.39 is 6.04 Å². The lowest BCUT2D eigenvalue weighted by Crippen LogP contribution is -2.48. The Morgan fingerprint density at radius 1 is 1.16 bits per heavy atom. The largest absolute Gasteiger partial charge is 0.463 e. The van der Waals surface area contributed by atoms with Crippen molar-refractivity contribution in [1.82, 2.24) is 10.6 Å². The molecule has 1 atom stereocenters. The van der Waals surface area contributed by atoms with E-state index in [0.717, 1.165) is 29.9 Å². The number of rotatable bonds is 9. The van der Waals surface area contributed by atoms with Crippen LogP contribution in [0.15, 0.2) is 54.1 Å². The molecule has 0 bridgehead atoms. The van der Waals surface area contributed by atoms with E-state index >= 15 is 0 Å². The van der Waals surface area contributed by atoms with E-state index in [1.165, 1.54) is 0 Å². The van der Waals surface area contributed by atoms with Crippen LogP contribution in [0.3, 0.4) is 0 Å². The summed E-state index contributed by atoms with van der Waals surface area (Å²) in [6, 6.07) is 8.94. The molecule has 0 saturated carbocycles. The van der Waals surface area contributed by atoms with Crippen LogP contribution in [0.4, 0.5) is 0 Å². The van der Waals surface area contributed by atoms with E-state index in [4.69, 9.17) is 11.6 Å². The predicted molar refractivity (Wildman–Crippen MR) is 130 cm³/mol. The summed E-state index contributed by atoms with van der Waals surface area (Å²) in [5.74, 6) is 0.147. The highest BCUT2D eigenvalue weighted by molar-refractivity contribution is 6.27. The normalized spacial score (nSPS) is 12.8. The first-order valence-corrected chi connectivity index (χ1v) is 11.4. The molecule has 0 aliphatic heterocycles. The Balaban J connectivity index is 0.000000573. The van der Waals surface area contributed by atoms with Crippen molar-refractivity contribution in [2.75, 3.05) is 19.0 Å². The Hall–Kier alpha value is -2.60. The molecular formula is C25H37ClN2O4. The maximum atomic E-state index is 11.8. The van der Waals surface area contributed by atoms with E-state index in [0.29, 0.717) is 26.0 Å². The lowest BCUT2D eigenvalue weighted by molar-refractivity contribution is -0.128. The minimum absolute atomic E-state index is 0.148. The van der Waals surface area contributed by atoms with Gasteiger partial charge in [-0.15, -0.1) is 11.6 Å². The molecule has 1 aliphatic rings. The number of benzene rings is 1. The van der Waals surface area contributed by atoms with Gasteiger partial charge in [-0.2, -0.15) is 0 Å². The Bertz CT molecular complexity index is 715. The van der Waals surface area contributed by atoms with Crippen molar-refractivity contribution < 1.29 is 19.1 Å². The molecule has 32 heavy (non-hydrogen) atoms. The third-order valence-corrected chi connectivity index (χ3v) is 4.04. The molecule has 0 heterocycles. The van der Waals surface area contributed by atoms with Gasteiger partial charge in [-0.25, -0.2) is 0 Å². The van der Waals surface area contributed by atoms with Gasteiger partial charge in [-0.1, -0.05) is 69.3 Å². The number of hydrogen-bond donors (Lipinski definition) is 2. The van der Waals surface area contributed by atoms with Crippen molar-refractivity contribution in [2.24, 2.45) is 5.92 Å². The summed E-state index contributed by atoms with van der Waals surface area (Å²) in [6.45, 7) is 9.75. The number of alkyl halides is 1. The van der Waals surface area contributed by atoms with Crippen LogP contribution in [0.2, 0.25) is 0 Å². The molecule has 1 unspecified atom stereocenters. The minimum atomic E-state index is -0.585. The number of allylic oxidation sites excluding steroid dienone is 2. The molecule has 2 N–H and O–H groups in total. The molecule has 1 aliphatic carbocycles. The number of nitrogens with one attached hydrogen (secondary N) is 2. The summed E-state index contributed by atoms with van der Waals surface area (Å²) in [4.78, 5) is 32.9. The van der Waals surface area contributed by atoms with Crippen LogP contribution in [0.1, 0.15) is 46.1 Å². The summed E-state index contributed by atoms with van der Waals surface area (Å²) < 4.78 is 4.57. The fraction of sp³-hybridized carbons (Fsp3) is 0.480. The molecule has 1 aromatic rings. The van der Waals surface area contributed by atoms with Crippen molar-refractivity contribution in [1.29, 1.82) is 0 Å². The highest BCUT2D eigenvalue weighted by Crippen LogP contribution is 2.08. The van der Waals surface area contributed by atoms with Crippen LogP contribution in [-0.4, -0.2) is 43.4 Å². The Kier molecular flexibility index (Phi) is 17.6. The molecule has 0 saturated heterocycles. The Morgan fingerprint density at radius 3 is 2.31 bits per heavy atom. The smallest absolute Gasteiger partial charge is 0.293 e. The zero-order chi connectivity index (χ0) is 24.2. The molecule has 2 rings (SSSR count). The van der Waals surface area contributed by atoms with Gasteiger partial charge in [0, 0.05) is 13.0 Å². The van der Waals surface area contributed by atoms with E-state index in [1.54, 1.807) is 0 Å². The maximum absolute atomic E-state index is 11.8. The highest BCUT2D eigenvalue weighted by Gasteiger charge is 2.20. The first-order valence-electron chi connectivity index (χ1n) is 10.9. The van der Waals surface area contributed by atoms with Gasteiger partial charge in [0.05, 0.1) is 0 Å². The second-order valence-electron chi connectivity index (χ2n) is 7.74. The monoisotopic (exact) mass is 464 g/mol.